The van der Waals surface area contributed by atoms with Gasteiger partial charge in [-0.05, 0) is 57.9 Å². The molecule has 2 N–H and O–H groups in total. The Hall–Kier alpha value is -2.96. The molecule has 7 nitrogen and oxygen atoms in total. The van der Waals surface area contributed by atoms with E-state index in [1.807, 2.05) is 39.0 Å². The monoisotopic (exact) mass is 388 g/mol. The quantitative estimate of drug-likeness (QED) is 0.673. The number of esters is 1. The van der Waals surface area contributed by atoms with Crippen LogP contribution in [0, 0.1) is 13.8 Å². The van der Waals surface area contributed by atoms with Crippen molar-refractivity contribution in [3.05, 3.63) is 46.3 Å². The number of carbonyl (C=O) groups excluding carboxylic acids is 2. The number of hydrogen-bond donors (Lipinski definition) is 2. The summed E-state index contributed by atoms with van der Waals surface area (Å²) in [7, 11) is 1.32. The Morgan fingerprint density at radius 3 is 2.36 bits per heavy atom. The molecule has 0 aliphatic heterocycles. The number of H-pyrrole nitrogens is 1. The molecule has 2 rings (SSSR count). The number of ether oxygens (including phenoxy) is 3. The minimum atomic E-state index is -0.466. The standard InChI is InChI=1S/C21H28N2O5/c1-7-27-16-10-9-15(11-17(16)28-8-2)13(4)23-20(24)19-12(3)18(14(5)22-19)21(25)26-6/h9-11,13,22H,7-8H2,1-6H3,(H,23,24). The van der Waals surface area contributed by atoms with E-state index in [-0.39, 0.29) is 11.9 Å². The van der Waals surface area contributed by atoms with E-state index in [1.165, 1.54) is 7.11 Å². The topological polar surface area (TPSA) is 89.7 Å². The SMILES string of the molecule is CCOc1ccc(C(C)NC(=O)c2[nH]c(C)c(C(=O)OC)c2C)cc1OCC. The molecule has 0 aliphatic rings. The van der Waals surface area contributed by atoms with Crippen LogP contribution in [0.3, 0.4) is 0 Å². The number of aryl methyl sites for hydroxylation is 1. The molecule has 2 aromatic rings. The highest BCUT2D eigenvalue weighted by atomic mass is 16.5. The van der Waals surface area contributed by atoms with Gasteiger partial charge in [-0.3, -0.25) is 4.79 Å². The maximum atomic E-state index is 12.8. The molecule has 0 aliphatic carbocycles. The lowest BCUT2D eigenvalue weighted by atomic mass is 10.1. The van der Waals surface area contributed by atoms with Crippen molar-refractivity contribution in [1.29, 1.82) is 0 Å². The molecule has 0 saturated carbocycles. The van der Waals surface area contributed by atoms with E-state index in [0.29, 0.717) is 47.2 Å². The van der Waals surface area contributed by atoms with Crippen molar-refractivity contribution in [3.63, 3.8) is 0 Å². The van der Waals surface area contributed by atoms with Crippen LogP contribution in [0.2, 0.25) is 0 Å². The maximum absolute atomic E-state index is 12.8. The molecular weight excluding hydrogens is 360 g/mol. The fourth-order valence-electron chi connectivity index (χ4n) is 3.07. The molecular formula is C21H28N2O5. The van der Waals surface area contributed by atoms with Crippen LogP contribution in [0.25, 0.3) is 0 Å². The highest BCUT2D eigenvalue weighted by Crippen LogP contribution is 2.31. The van der Waals surface area contributed by atoms with Gasteiger partial charge in [0.05, 0.1) is 31.9 Å². The number of nitrogens with one attached hydrogen (secondary N) is 2. The van der Waals surface area contributed by atoms with Crippen LogP contribution in [-0.2, 0) is 4.74 Å². The van der Waals surface area contributed by atoms with Crippen molar-refractivity contribution in [2.45, 2.75) is 40.7 Å². The molecule has 0 bridgehead atoms. The summed E-state index contributed by atoms with van der Waals surface area (Å²) >= 11 is 0. The Morgan fingerprint density at radius 1 is 1.11 bits per heavy atom. The van der Waals surface area contributed by atoms with Crippen LogP contribution in [0.4, 0.5) is 0 Å². The molecule has 1 heterocycles. The third-order valence-electron chi connectivity index (χ3n) is 4.47. The normalized spacial score (nSPS) is 11.6. The van der Waals surface area contributed by atoms with Crippen molar-refractivity contribution in [2.24, 2.45) is 0 Å². The van der Waals surface area contributed by atoms with E-state index in [9.17, 15) is 9.59 Å². The second-order valence-corrected chi connectivity index (χ2v) is 6.38. The summed E-state index contributed by atoms with van der Waals surface area (Å²) in [5.41, 5.74) is 2.78. The largest absolute Gasteiger partial charge is 0.490 e. The van der Waals surface area contributed by atoms with E-state index >= 15 is 0 Å². The van der Waals surface area contributed by atoms with E-state index in [4.69, 9.17) is 14.2 Å². The molecule has 1 aromatic carbocycles. The van der Waals surface area contributed by atoms with Crippen LogP contribution >= 0.6 is 0 Å². The van der Waals surface area contributed by atoms with E-state index in [0.717, 1.165) is 5.56 Å². The van der Waals surface area contributed by atoms with Crippen molar-refractivity contribution < 1.29 is 23.8 Å². The van der Waals surface area contributed by atoms with Gasteiger partial charge in [-0.1, -0.05) is 6.07 Å². The Labute approximate surface area is 165 Å². The lowest BCUT2D eigenvalue weighted by molar-refractivity contribution is 0.0599. The zero-order valence-corrected chi connectivity index (χ0v) is 17.3. The van der Waals surface area contributed by atoms with Crippen LogP contribution in [0.5, 0.6) is 11.5 Å². The van der Waals surface area contributed by atoms with Gasteiger partial charge in [0.2, 0.25) is 0 Å². The maximum Gasteiger partial charge on any atom is 0.339 e. The average Bonchev–Trinajstić information content (AvgIpc) is 2.97. The predicted octanol–water partition coefficient (Wildman–Crippen LogP) is 3.71. The zero-order chi connectivity index (χ0) is 20.8. The first kappa shape index (κ1) is 21.3. The van der Waals surface area contributed by atoms with E-state index in [1.54, 1.807) is 13.8 Å². The number of methoxy groups -OCH3 is 1. The summed E-state index contributed by atoms with van der Waals surface area (Å²) < 4.78 is 16.0. The summed E-state index contributed by atoms with van der Waals surface area (Å²) in [6.45, 7) is 10.2. The molecule has 28 heavy (non-hydrogen) atoms. The third kappa shape index (κ3) is 4.47. The Morgan fingerprint density at radius 2 is 1.75 bits per heavy atom. The van der Waals surface area contributed by atoms with Gasteiger partial charge in [0.15, 0.2) is 11.5 Å². The summed E-state index contributed by atoms with van der Waals surface area (Å²) in [5.74, 6) is 0.550. The third-order valence-corrected chi connectivity index (χ3v) is 4.47. The number of benzene rings is 1. The Balaban J connectivity index is 2.23. The predicted molar refractivity (Wildman–Crippen MR) is 106 cm³/mol. The highest BCUT2D eigenvalue weighted by Gasteiger charge is 2.23. The second kappa shape index (κ2) is 9.30. The average molecular weight is 388 g/mol. The van der Waals surface area contributed by atoms with Crippen LogP contribution in [-0.4, -0.2) is 37.2 Å². The Kier molecular flexibility index (Phi) is 7.09. The summed E-state index contributed by atoms with van der Waals surface area (Å²) in [5, 5.41) is 2.95. The van der Waals surface area contributed by atoms with Gasteiger partial charge >= 0.3 is 5.97 Å². The van der Waals surface area contributed by atoms with Gasteiger partial charge in [-0.25, -0.2) is 4.79 Å². The smallest absolute Gasteiger partial charge is 0.339 e. The fraction of sp³-hybridized carbons (Fsp3) is 0.429. The zero-order valence-electron chi connectivity index (χ0n) is 17.3. The highest BCUT2D eigenvalue weighted by molar-refractivity contribution is 6.00. The summed E-state index contributed by atoms with van der Waals surface area (Å²) in [6, 6.07) is 5.33. The van der Waals surface area contributed by atoms with Crippen molar-refractivity contribution in [2.75, 3.05) is 20.3 Å². The number of hydrogen-bond acceptors (Lipinski definition) is 5. The molecule has 0 fully saturated rings. The number of rotatable bonds is 8. The van der Waals surface area contributed by atoms with Gasteiger partial charge in [0.25, 0.3) is 5.91 Å². The van der Waals surface area contributed by atoms with Gasteiger partial charge in [-0.15, -0.1) is 0 Å². The van der Waals surface area contributed by atoms with Crippen molar-refractivity contribution in [3.8, 4) is 11.5 Å². The van der Waals surface area contributed by atoms with Crippen molar-refractivity contribution >= 4 is 11.9 Å². The molecule has 152 valence electrons. The first-order valence-corrected chi connectivity index (χ1v) is 9.31. The molecule has 0 saturated heterocycles. The van der Waals surface area contributed by atoms with Gasteiger partial charge < -0.3 is 24.5 Å². The minimum absolute atomic E-state index is 0.271. The minimum Gasteiger partial charge on any atom is -0.490 e. The summed E-state index contributed by atoms with van der Waals surface area (Å²) in [6.07, 6.45) is 0. The van der Waals surface area contributed by atoms with Crippen molar-refractivity contribution in [1.82, 2.24) is 10.3 Å². The van der Waals surface area contributed by atoms with Gasteiger partial charge in [0.1, 0.15) is 5.69 Å². The first-order valence-electron chi connectivity index (χ1n) is 9.31. The number of carbonyl (C=O) groups is 2. The fourth-order valence-corrected chi connectivity index (χ4v) is 3.07. The lowest BCUT2D eigenvalue weighted by Gasteiger charge is -2.17. The molecule has 1 unspecified atom stereocenters. The van der Waals surface area contributed by atoms with Crippen LogP contribution in [0.15, 0.2) is 18.2 Å². The molecule has 1 amide bonds. The molecule has 0 spiro atoms. The number of aromatic amines is 1. The first-order chi connectivity index (χ1) is 13.3. The molecule has 1 aromatic heterocycles. The molecule has 0 radical (unpaired) electrons. The van der Waals surface area contributed by atoms with Gasteiger partial charge in [0, 0.05) is 5.69 Å². The molecule has 1 atom stereocenters. The van der Waals surface area contributed by atoms with E-state index in [2.05, 4.69) is 10.3 Å². The second-order valence-electron chi connectivity index (χ2n) is 6.38. The lowest BCUT2D eigenvalue weighted by Crippen LogP contribution is -2.27. The number of aromatic nitrogens is 1. The van der Waals surface area contributed by atoms with Crippen LogP contribution in [0.1, 0.15) is 64.5 Å². The van der Waals surface area contributed by atoms with Gasteiger partial charge in [-0.2, -0.15) is 0 Å². The number of amides is 1. The molecule has 7 heteroatoms. The summed E-state index contributed by atoms with van der Waals surface area (Å²) in [4.78, 5) is 27.7. The van der Waals surface area contributed by atoms with E-state index < -0.39 is 5.97 Å². The Bertz CT molecular complexity index is 857. The van der Waals surface area contributed by atoms with Crippen LogP contribution < -0.4 is 14.8 Å².